The summed E-state index contributed by atoms with van der Waals surface area (Å²) < 4.78 is 19.0. The molecule has 6 nitrogen and oxygen atoms in total. The van der Waals surface area contributed by atoms with E-state index < -0.39 is 5.25 Å². The first-order valence-corrected chi connectivity index (χ1v) is 12.3. The predicted octanol–water partition coefficient (Wildman–Crippen LogP) is 5.78. The Morgan fingerprint density at radius 2 is 1.80 bits per heavy atom. The average molecular weight is 492 g/mol. The minimum atomic E-state index is -0.648. The highest BCUT2D eigenvalue weighted by molar-refractivity contribution is 8.15. The maximum Gasteiger partial charge on any atom is 0.238 e. The quantitative estimate of drug-likeness (QED) is 0.434. The van der Waals surface area contributed by atoms with Gasteiger partial charge in [0.05, 0.1) is 18.8 Å². The van der Waals surface area contributed by atoms with Crippen molar-refractivity contribution < 1.29 is 18.7 Å². The third-order valence-electron chi connectivity index (χ3n) is 5.26. The van der Waals surface area contributed by atoms with E-state index in [0.29, 0.717) is 29.7 Å². The highest BCUT2D eigenvalue weighted by Crippen LogP contribution is 2.31. The zero-order chi connectivity index (χ0) is 24.6. The second kappa shape index (κ2) is 11.7. The van der Waals surface area contributed by atoms with Crippen LogP contribution in [-0.4, -0.2) is 33.7 Å². The van der Waals surface area contributed by atoms with E-state index in [0.717, 1.165) is 17.7 Å². The molecule has 0 aliphatic carbocycles. The van der Waals surface area contributed by atoms with Crippen molar-refractivity contribution in [3.05, 3.63) is 90.2 Å². The summed E-state index contributed by atoms with van der Waals surface area (Å²) in [5, 5.41) is 2.64. The van der Waals surface area contributed by atoms with E-state index in [1.807, 2.05) is 37.3 Å². The summed E-state index contributed by atoms with van der Waals surface area (Å²) in [5.41, 5.74) is 2.07. The summed E-state index contributed by atoms with van der Waals surface area (Å²) in [6.07, 6.45) is 0.956. The van der Waals surface area contributed by atoms with Crippen LogP contribution in [0.3, 0.4) is 0 Å². The molecule has 1 aliphatic heterocycles. The number of ether oxygens (including phenoxy) is 1. The first-order chi connectivity index (χ1) is 17.0. The molecule has 1 saturated heterocycles. The Morgan fingerprint density at radius 1 is 1.09 bits per heavy atom. The third-order valence-corrected chi connectivity index (χ3v) is 6.45. The van der Waals surface area contributed by atoms with Crippen molar-refractivity contribution in [2.24, 2.45) is 4.99 Å². The highest BCUT2D eigenvalue weighted by Gasteiger charge is 2.36. The van der Waals surface area contributed by atoms with Gasteiger partial charge in [0.25, 0.3) is 0 Å². The molecule has 0 saturated carbocycles. The van der Waals surface area contributed by atoms with Crippen molar-refractivity contribution in [2.45, 2.75) is 31.6 Å². The van der Waals surface area contributed by atoms with Crippen LogP contribution >= 0.6 is 11.8 Å². The summed E-state index contributed by atoms with van der Waals surface area (Å²) in [6.45, 7) is 2.99. The zero-order valence-electron chi connectivity index (χ0n) is 19.3. The van der Waals surface area contributed by atoms with Crippen molar-refractivity contribution >= 4 is 40.1 Å². The van der Waals surface area contributed by atoms with E-state index in [2.05, 4.69) is 10.3 Å². The van der Waals surface area contributed by atoms with Gasteiger partial charge < -0.3 is 10.1 Å². The molecule has 1 heterocycles. The molecule has 0 bridgehead atoms. The topological polar surface area (TPSA) is 71.0 Å². The number of aliphatic imine (C=N–C) groups is 1. The number of thioether (sulfide) groups is 1. The predicted molar refractivity (Wildman–Crippen MR) is 137 cm³/mol. The Kier molecular flexibility index (Phi) is 8.15. The molecule has 1 fully saturated rings. The first-order valence-electron chi connectivity index (χ1n) is 11.4. The van der Waals surface area contributed by atoms with E-state index in [1.54, 1.807) is 41.3 Å². The van der Waals surface area contributed by atoms with Gasteiger partial charge >= 0.3 is 0 Å². The van der Waals surface area contributed by atoms with Crippen molar-refractivity contribution in [1.82, 2.24) is 4.90 Å². The maximum absolute atomic E-state index is 13.4. The molecule has 0 aromatic heterocycles. The fourth-order valence-corrected chi connectivity index (χ4v) is 4.56. The summed E-state index contributed by atoms with van der Waals surface area (Å²) in [4.78, 5) is 32.3. The Balaban J connectivity index is 1.52. The zero-order valence-corrected chi connectivity index (χ0v) is 20.1. The van der Waals surface area contributed by atoms with Crippen LogP contribution in [0.2, 0.25) is 0 Å². The molecule has 1 aliphatic rings. The number of nitrogens with one attached hydrogen (secondary N) is 1. The number of carbonyl (C=O) groups is 2. The minimum Gasteiger partial charge on any atom is -0.494 e. The standard InChI is InChI=1S/C27H26FN3O3S/c1-2-16-34-23-14-12-21(13-15-23)29-26(33)24-17-25(32)31(18-19-6-4-3-5-7-19)27(35-24)30-22-10-8-20(28)9-11-22/h3-15,24H,2,16-18H2,1H3,(H,29,33). The van der Waals surface area contributed by atoms with E-state index in [4.69, 9.17) is 4.74 Å². The number of benzene rings is 3. The first kappa shape index (κ1) is 24.5. The van der Waals surface area contributed by atoms with Gasteiger partial charge in [-0.1, -0.05) is 49.0 Å². The summed E-state index contributed by atoms with van der Waals surface area (Å²) >= 11 is 1.23. The van der Waals surface area contributed by atoms with Crippen LogP contribution in [0.15, 0.2) is 83.9 Å². The Labute approximate surface area is 208 Å². The number of hydrogen-bond donors (Lipinski definition) is 1. The summed E-state index contributed by atoms with van der Waals surface area (Å²) in [6, 6.07) is 22.4. The second-order valence-electron chi connectivity index (χ2n) is 8.01. The number of hydrogen-bond acceptors (Lipinski definition) is 5. The number of carbonyl (C=O) groups excluding carboxylic acids is 2. The molecule has 4 rings (SSSR count). The largest absolute Gasteiger partial charge is 0.494 e. The molecule has 0 spiro atoms. The molecule has 3 aromatic carbocycles. The SMILES string of the molecule is CCCOc1ccc(NC(=O)C2CC(=O)N(Cc3ccccc3)C(=Nc3ccc(F)cc3)S2)cc1. The van der Waals surface area contributed by atoms with Gasteiger partial charge in [-0.25, -0.2) is 9.38 Å². The van der Waals surface area contributed by atoms with Crippen molar-refractivity contribution in [1.29, 1.82) is 0 Å². The smallest absolute Gasteiger partial charge is 0.238 e. The number of halogens is 1. The lowest BCUT2D eigenvalue weighted by molar-refractivity contribution is -0.129. The fourth-order valence-electron chi connectivity index (χ4n) is 3.47. The van der Waals surface area contributed by atoms with Crippen molar-refractivity contribution in [3.8, 4) is 5.75 Å². The third kappa shape index (κ3) is 6.70. The monoisotopic (exact) mass is 491 g/mol. The normalized spacial score (nSPS) is 16.9. The molecule has 1 atom stereocenters. The number of anilines is 1. The van der Waals surface area contributed by atoms with Crippen molar-refractivity contribution in [3.63, 3.8) is 0 Å². The molecular formula is C27H26FN3O3S. The van der Waals surface area contributed by atoms with Crippen LogP contribution in [0.1, 0.15) is 25.3 Å². The summed E-state index contributed by atoms with van der Waals surface area (Å²) in [7, 11) is 0. The average Bonchev–Trinajstić information content (AvgIpc) is 2.87. The molecule has 35 heavy (non-hydrogen) atoms. The van der Waals surface area contributed by atoms with Crippen LogP contribution in [0, 0.1) is 5.82 Å². The Hall–Kier alpha value is -3.65. The van der Waals surface area contributed by atoms with Gasteiger partial charge in [-0.3, -0.25) is 14.5 Å². The molecule has 1 unspecified atom stereocenters. The van der Waals surface area contributed by atoms with Crippen LogP contribution in [-0.2, 0) is 16.1 Å². The minimum absolute atomic E-state index is 0.0451. The molecule has 0 radical (unpaired) electrons. The molecule has 180 valence electrons. The van der Waals surface area contributed by atoms with E-state index in [-0.39, 0.29) is 24.1 Å². The van der Waals surface area contributed by atoms with Gasteiger partial charge in [0.2, 0.25) is 11.8 Å². The molecule has 3 aromatic rings. The van der Waals surface area contributed by atoms with E-state index in [9.17, 15) is 14.0 Å². The highest BCUT2D eigenvalue weighted by atomic mass is 32.2. The van der Waals surface area contributed by atoms with Crippen LogP contribution in [0.5, 0.6) is 5.75 Å². The number of amides is 2. The van der Waals surface area contributed by atoms with Crippen LogP contribution < -0.4 is 10.1 Å². The lowest BCUT2D eigenvalue weighted by Gasteiger charge is -2.32. The molecule has 1 N–H and O–H groups in total. The van der Waals surface area contributed by atoms with Gasteiger partial charge in [0.1, 0.15) is 16.8 Å². The van der Waals surface area contributed by atoms with Gasteiger partial charge in [-0.15, -0.1) is 0 Å². The Bertz CT molecular complexity index is 1180. The Morgan fingerprint density at radius 3 is 2.49 bits per heavy atom. The molecular weight excluding hydrogens is 465 g/mol. The number of nitrogens with zero attached hydrogens (tertiary/aromatic N) is 2. The fraction of sp³-hybridized carbons (Fsp3) is 0.222. The van der Waals surface area contributed by atoms with Crippen molar-refractivity contribution in [2.75, 3.05) is 11.9 Å². The number of rotatable bonds is 8. The van der Waals surface area contributed by atoms with Gasteiger partial charge in [0, 0.05) is 12.1 Å². The van der Waals surface area contributed by atoms with Gasteiger partial charge in [0.15, 0.2) is 5.17 Å². The summed E-state index contributed by atoms with van der Waals surface area (Å²) in [5.74, 6) is -0.114. The van der Waals surface area contributed by atoms with Gasteiger partial charge in [-0.2, -0.15) is 0 Å². The molecule has 2 amide bonds. The van der Waals surface area contributed by atoms with E-state index in [1.165, 1.54) is 23.9 Å². The second-order valence-corrected chi connectivity index (χ2v) is 9.18. The lowest BCUT2D eigenvalue weighted by Crippen LogP contribution is -2.44. The van der Waals surface area contributed by atoms with Gasteiger partial charge in [-0.05, 0) is 60.5 Å². The van der Waals surface area contributed by atoms with E-state index >= 15 is 0 Å². The number of amidine groups is 1. The van der Waals surface area contributed by atoms with Crippen LogP contribution in [0.25, 0.3) is 0 Å². The van der Waals surface area contributed by atoms with Crippen LogP contribution in [0.4, 0.5) is 15.8 Å². The lowest BCUT2D eigenvalue weighted by atomic mass is 10.2. The molecule has 8 heteroatoms. The maximum atomic E-state index is 13.4.